The molecule has 1 aromatic rings. The highest BCUT2D eigenvalue weighted by molar-refractivity contribution is 8.03. The molecule has 2 heterocycles. The lowest BCUT2D eigenvalue weighted by Gasteiger charge is -2.26. The molecular weight excluding hydrogens is 380 g/mol. The lowest BCUT2D eigenvalue weighted by Crippen LogP contribution is -2.52. The number of benzene rings is 1. The van der Waals surface area contributed by atoms with Crippen LogP contribution in [-0.2, 0) is 9.59 Å². The van der Waals surface area contributed by atoms with Crippen molar-refractivity contribution in [3.05, 3.63) is 40.8 Å². The van der Waals surface area contributed by atoms with Crippen molar-refractivity contribution in [2.45, 2.75) is 6.92 Å². The molecule has 1 unspecified atom stereocenters. The molecule has 0 saturated carbocycles. The number of aliphatic imine (C=N–C) groups is 1. The summed E-state index contributed by atoms with van der Waals surface area (Å²) in [5, 5.41) is 2.76. The van der Waals surface area contributed by atoms with E-state index < -0.39 is 11.9 Å². The van der Waals surface area contributed by atoms with Gasteiger partial charge in [-0.25, -0.2) is 4.79 Å². The normalized spacial score (nSPS) is 18.8. The van der Waals surface area contributed by atoms with Crippen LogP contribution in [0.3, 0.4) is 0 Å². The summed E-state index contributed by atoms with van der Waals surface area (Å²) >= 11 is 1.22. The Labute approximate surface area is 166 Å². The SMILES string of the molecule is CC(=O)c1ccc(NC(=O)CSC2=CC=NC3=[N+](C)C(=O)N(C)C(=O)C23)cc1. The second kappa shape index (κ2) is 7.89. The zero-order chi connectivity index (χ0) is 20.4. The number of dihydropyridines is 1. The van der Waals surface area contributed by atoms with Crippen LogP contribution < -0.4 is 5.32 Å². The van der Waals surface area contributed by atoms with Crippen LogP contribution in [0.25, 0.3) is 0 Å². The number of Topliss-reactive ketones (excluding diaryl/α,β-unsaturated/α-hetero) is 1. The Morgan fingerprint density at radius 1 is 1.25 bits per heavy atom. The van der Waals surface area contributed by atoms with E-state index >= 15 is 0 Å². The van der Waals surface area contributed by atoms with Gasteiger partial charge in [-0.3, -0.25) is 14.4 Å². The molecule has 0 spiro atoms. The van der Waals surface area contributed by atoms with Crippen LogP contribution in [0.15, 0.2) is 40.2 Å². The van der Waals surface area contributed by atoms with Gasteiger partial charge in [-0.2, -0.15) is 9.48 Å². The quantitative estimate of drug-likeness (QED) is 0.601. The molecule has 28 heavy (non-hydrogen) atoms. The van der Waals surface area contributed by atoms with E-state index in [0.29, 0.717) is 22.0 Å². The summed E-state index contributed by atoms with van der Waals surface area (Å²) in [5.41, 5.74) is 1.15. The van der Waals surface area contributed by atoms with Crippen LogP contribution in [-0.4, -0.2) is 65.0 Å². The lowest BCUT2D eigenvalue weighted by molar-refractivity contribution is -0.407. The number of nitrogens with one attached hydrogen (secondary N) is 1. The van der Waals surface area contributed by atoms with E-state index in [-0.39, 0.29) is 23.4 Å². The van der Waals surface area contributed by atoms with Crippen molar-refractivity contribution in [3.8, 4) is 0 Å². The maximum atomic E-state index is 12.5. The third-order valence-corrected chi connectivity index (χ3v) is 5.54. The van der Waals surface area contributed by atoms with Gasteiger partial charge in [-0.15, -0.1) is 16.8 Å². The Kier molecular flexibility index (Phi) is 5.55. The van der Waals surface area contributed by atoms with E-state index in [0.717, 1.165) is 4.90 Å². The summed E-state index contributed by atoms with van der Waals surface area (Å²) in [7, 11) is 2.99. The zero-order valence-electron chi connectivity index (χ0n) is 15.6. The summed E-state index contributed by atoms with van der Waals surface area (Å²) in [5.74, 6) is -0.895. The van der Waals surface area contributed by atoms with Crippen molar-refractivity contribution in [2.24, 2.45) is 10.9 Å². The van der Waals surface area contributed by atoms with E-state index in [2.05, 4.69) is 10.3 Å². The predicted molar refractivity (Wildman–Crippen MR) is 107 cm³/mol. The van der Waals surface area contributed by atoms with Crippen molar-refractivity contribution < 1.29 is 23.8 Å². The van der Waals surface area contributed by atoms with E-state index in [1.807, 2.05) is 0 Å². The number of fused-ring (bicyclic) bond motifs is 1. The number of urea groups is 1. The fourth-order valence-electron chi connectivity index (χ4n) is 2.87. The molecule has 0 aliphatic carbocycles. The van der Waals surface area contributed by atoms with Gasteiger partial charge >= 0.3 is 11.9 Å². The van der Waals surface area contributed by atoms with Gasteiger partial charge in [0, 0.05) is 16.2 Å². The number of hydrogen-bond acceptors (Lipinski definition) is 6. The number of thioether (sulfide) groups is 1. The largest absolute Gasteiger partial charge is 0.445 e. The number of ketones is 1. The second-order valence-corrected chi connectivity index (χ2v) is 7.40. The lowest BCUT2D eigenvalue weighted by atomic mass is 10.0. The minimum absolute atomic E-state index is 0.0445. The standard InChI is InChI=1S/C19H18N4O4S/c1-11(24)12-4-6-13(7-5-12)21-15(25)10-28-14-8-9-20-17-16(14)18(26)23(3)19(27)22(17)2/h4-9,16H,10H2,1-3H3/p+1. The molecule has 1 aromatic carbocycles. The fraction of sp³-hybridized carbons (Fsp3) is 0.263. The first-order valence-electron chi connectivity index (χ1n) is 8.49. The predicted octanol–water partition coefficient (Wildman–Crippen LogP) is 1.78. The summed E-state index contributed by atoms with van der Waals surface area (Å²) in [4.78, 5) is 54.1. The molecule has 0 bridgehead atoms. The molecule has 2 aliphatic rings. The summed E-state index contributed by atoms with van der Waals surface area (Å²) in [6.45, 7) is 1.48. The van der Waals surface area contributed by atoms with E-state index in [9.17, 15) is 19.2 Å². The van der Waals surface area contributed by atoms with Crippen molar-refractivity contribution in [1.29, 1.82) is 0 Å². The zero-order valence-corrected chi connectivity index (χ0v) is 16.4. The van der Waals surface area contributed by atoms with E-state index in [4.69, 9.17) is 0 Å². The van der Waals surface area contributed by atoms with Gasteiger partial charge in [0.05, 0.1) is 19.8 Å². The van der Waals surface area contributed by atoms with Crippen LogP contribution in [0.1, 0.15) is 17.3 Å². The maximum absolute atomic E-state index is 12.5. The monoisotopic (exact) mass is 399 g/mol. The molecular formula is C19H19N4O4S+. The highest BCUT2D eigenvalue weighted by Gasteiger charge is 2.47. The fourth-order valence-corrected chi connectivity index (χ4v) is 3.77. The number of carbonyl (C=O) groups is 4. The first kappa shape index (κ1) is 19.7. The highest BCUT2D eigenvalue weighted by atomic mass is 32.2. The molecule has 3 rings (SSSR count). The summed E-state index contributed by atoms with van der Waals surface area (Å²) in [6, 6.07) is 6.19. The maximum Gasteiger partial charge on any atom is 0.445 e. The minimum Gasteiger partial charge on any atom is -0.325 e. The third kappa shape index (κ3) is 3.79. The number of rotatable bonds is 5. The van der Waals surface area contributed by atoms with Gasteiger partial charge in [0.15, 0.2) is 11.7 Å². The number of anilines is 1. The molecule has 0 fully saturated rings. The molecule has 4 amide bonds. The van der Waals surface area contributed by atoms with Crippen molar-refractivity contribution in [2.75, 3.05) is 25.2 Å². The Bertz CT molecular complexity index is 963. The first-order chi connectivity index (χ1) is 13.3. The second-order valence-electron chi connectivity index (χ2n) is 6.35. The molecule has 2 aliphatic heterocycles. The number of allylic oxidation sites excluding steroid dienone is 1. The third-order valence-electron chi connectivity index (χ3n) is 4.43. The number of nitrogens with zero attached hydrogens (tertiary/aromatic N) is 3. The summed E-state index contributed by atoms with van der Waals surface area (Å²) in [6.07, 6.45) is 3.21. The molecule has 1 N–H and O–H groups in total. The smallest absolute Gasteiger partial charge is 0.325 e. The molecule has 0 radical (unpaired) electrons. The van der Waals surface area contributed by atoms with Crippen LogP contribution in [0, 0.1) is 5.92 Å². The van der Waals surface area contributed by atoms with Gasteiger partial charge < -0.3 is 5.32 Å². The van der Waals surface area contributed by atoms with Crippen molar-refractivity contribution >= 4 is 53.1 Å². The Morgan fingerprint density at radius 3 is 2.57 bits per heavy atom. The van der Waals surface area contributed by atoms with Gasteiger partial charge in [0.1, 0.15) is 6.21 Å². The highest BCUT2D eigenvalue weighted by Crippen LogP contribution is 2.31. The first-order valence-corrected chi connectivity index (χ1v) is 9.48. The Balaban J connectivity index is 1.67. The van der Waals surface area contributed by atoms with Crippen LogP contribution in [0.4, 0.5) is 10.5 Å². The van der Waals surface area contributed by atoms with E-state index in [1.165, 1.54) is 36.5 Å². The number of hydrogen-bond donors (Lipinski definition) is 1. The van der Waals surface area contributed by atoms with Crippen molar-refractivity contribution in [1.82, 2.24) is 4.90 Å². The number of amides is 4. The molecule has 9 heteroatoms. The number of carbonyl (C=O) groups excluding carboxylic acids is 4. The van der Waals surface area contributed by atoms with Gasteiger partial charge in [-0.1, -0.05) is 0 Å². The van der Waals surface area contributed by atoms with Crippen LogP contribution in [0.2, 0.25) is 0 Å². The van der Waals surface area contributed by atoms with Gasteiger partial charge in [-0.05, 0) is 37.3 Å². The Morgan fingerprint density at radius 2 is 1.93 bits per heavy atom. The number of amidine groups is 1. The van der Waals surface area contributed by atoms with Gasteiger partial charge in [0.25, 0.3) is 5.84 Å². The van der Waals surface area contributed by atoms with E-state index in [1.54, 1.807) is 37.4 Å². The average molecular weight is 399 g/mol. The number of imide groups is 1. The molecule has 0 saturated heterocycles. The molecule has 144 valence electrons. The van der Waals surface area contributed by atoms with Crippen LogP contribution in [0.5, 0.6) is 0 Å². The van der Waals surface area contributed by atoms with Crippen molar-refractivity contribution in [3.63, 3.8) is 0 Å². The molecule has 8 nitrogen and oxygen atoms in total. The summed E-state index contributed by atoms with van der Waals surface area (Å²) < 4.78 is 1.34. The average Bonchev–Trinajstić information content (AvgIpc) is 2.69. The van der Waals surface area contributed by atoms with Gasteiger partial charge in [0.2, 0.25) is 5.91 Å². The minimum atomic E-state index is -0.689. The molecule has 1 atom stereocenters. The van der Waals surface area contributed by atoms with Crippen LogP contribution >= 0.6 is 11.8 Å². The Hall–Kier alpha value is -3.07. The topological polar surface area (TPSA) is 98.9 Å². The molecule has 0 aromatic heterocycles.